The maximum Gasteiger partial charge on any atom is 0.431 e. The summed E-state index contributed by atoms with van der Waals surface area (Å²) in [6.45, 7) is 1.27. The summed E-state index contributed by atoms with van der Waals surface area (Å²) >= 11 is 0. The van der Waals surface area contributed by atoms with E-state index in [0.717, 1.165) is 0 Å². The van der Waals surface area contributed by atoms with Crippen molar-refractivity contribution in [2.75, 3.05) is 0 Å². The first-order chi connectivity index (χ1) is 4.09. The molecule has 0 saturated heterocycles. The normalized spacial score (nSPS) is 12.2. The third-order valence-electron chi connectivity index (χ3n) is 0.779. The van der Waals surface area contributed by atoms with Crippen LogP contribution in [0, 0.1) is 0 Å². The lowest BCUT2D eigenvalue weighted by Gasteiger charge is -2.12. The average molecular weight is 133 g/mol. The zero-order valence-corrected chi connectivity index (χ0v) is 4.81. The van der Waals surface area contributed by atoms with Crippen molar-refractivity contribution < 1.29 is 19.9 Å². The summed E-state index contributed by atoms with van der Waals surface area (Å²) in [5.74, 6) is 0. The fourth-order valence-corrected chi connectivity index (χ4v) is 0.232. The molecule has 52 valence electrons. The first-order valence-corrected chi connectivity index (χ1v) is 2.26. The van der Waals surface area contributed by atoms with E-state index in [1.165, 1.54) is 6.92 Å². The minimum absolute atomic E-state index is 0.0625. The second-order valence-corrected chi connectivity index (χ2v) is 1.50. The molecule has 5 nitrogen and oxygen atoms in total. The Morgan fingerprint density at radius 1 is 1.78 bits per heavy atom. The van der Waals surface area contributed by atoms with Gasteiger partial charge in [-0.1, -0.05) is 0 Å². The Kier molecular flexibility index (Phi) is 2.66. The van der Waals surface area contributed by atoms with Crippen LogP contribution in [0.25, 0.3) is 0 Å². The summed E-state index contributed by atoms with van der Waals surface area (Å²) in [4.78, 5) is 19.6. The van der Waals surface area contributed by atoms with Gasteiger partial charge in [0.2, 0.25) is 0 Å². The first kappa shape index (κ1) is 7.90. The number of carboxylic acid groups (broad SMARTS) is 1. The van der Waals surface area contributed by atoms with Crippen LogP contribution >= 0.6 is 0 Å². The molecule has 0 heterocycles. The number of hydrogen-bond donors (Lipinski definition) is 2. The van der Waals surface area contributed by atoms with E-state index in [1.54, 1.807) is 0 Å². The molecule has 9 heavy (non-hydrogen) atoms. The molecular weight excluding hydrogens is 126 g/mol. The van der Waals surface area contributed by atoms with Gasteiger partial charge in [0.1, 0.15) is 12.3 Å². The maximum atomic E-state index is 9.82. The van der Waals surface area contributed by atoms with E-state index in [0.29, 0.717) is 6.29 Å². The molecule has 0 aromatic carbocycles. The molecular formula is C4H7NO4. The van der Waals surface area contributed by atoms with Crippen molar-refractivity contribution in [2.24, 2.45) is 0 Å². The number of amides is 1. The molecule has 0 rings (SSSR count). The molecule has 0 saturated carbocycles. The fourth-order valence-electron chi connectivity index (χ4n) is 0.232. The van der Waals surface area contributed by atoms with Crippen molar-refractivity contribution >= 4 is 12.4 Å². The SMILES string of the molecule is CC(C=O)N(O)C(=O)O. The third kappa shape index (κ3) is 2.09. The topological polar surface area (TPSA) is 77.8 Å². The predicted molar refractivity (Wildman–Crippen MR) is 27.2 cm³/mol. The van der Waals surface area contributed by atoms with Gasteiger partial charge in [-0.15, -0.1) is 0 Å². The Hall–Kier alpha value is -1.10. The zero-order valence-electron chi connectivity index (χ0n) is 4.81. The van der Waals surface area contributed by atoms with Crippen molar-refractivity contribution in [3.8, 4) is 0 Å². The van der Waals surface area contributed by atoms with E-state index < -0.39 is 12.1 Å². The number of aldehydes is 1. The lowest BCUT2D eigenvalue weighted by Crippen LogP contribution is -2.35. The van der Waals surface area contributed by atoms with Crippen LogP contribution in [0.3, 0.4) is 0 Å². The Bertz CT molecular complexity index is 124. The van der Waals surface area contributed by atoms with Gasteiger partial charge in [-0.2, -0.15) is 5.06 Å². The monoisotopic (exact) mass is 133 g/mol. The molecule has 0 spiro atoms. The molecule has 0 bridgehead atoms. The molecule has 1 amide bonds. The van der Waals surface area contributed by atoms with E-state index in [9.17, 15) is 9.59 Å². The van der Waals surface area contributed by atoms with E-state index in [4.69, 9.17) is 10.3 Å². The minimum atomic E-state index is -1.53. The number of rotatable bonds is 2. The van der Waals surface area contributed by atoms with E-state index in [1.807, 2.05) is 0 Å². The minimum Gasteiger partial charge on any atom is -0.463 e. The van der Waals surface area contributed by atoms with Crippen LogP contribution in [0.1, 0.15) is 6.92 Å². The lowest BCUT2D eigenvalue weighted by molar-refractivity contribution is -0.128. The van der Waals surface area contributed by atoms with E-state index in [2.05, 4.69) is 0 Å². The van der Waals surface area contributed by atoms with Crippen LogP contribution < -0.4 is 0 Å². The highest BCUT2D eigenvalue weighted by Crippen LogP contribution is 1.89. The summed E-state index contributed by atoms with van der Waals surface area (Å²) in [5.41, 5.74) is 0. The third-order valence-corrected chi connectivity index (χ3v) is 0.779. The molecule has 5 heteroatoms. The van der Waals surface area contributed by atoms with Crippen LogP contribution in [-0.2, 0) is 4.79 Å². The molecule has 0 aromatic heterocycles. The second kappa shape index (κ2) is 3.03. The standard InChI is InChI=1S/C4H7NO4/c1-3(2-6)5(9)4(7)8/h2-3,9H,1H3,(H,7,8). The summed E-state index contributed by atoms with van der Waals surface area (Å²) in [7, 11) is 0. The van der Waals surface area contributed by atoms with Crippen molar-refractivity contribution in [3.05, 3.63) is 0 Å². The van der Waals surface area contributed by atoms with Gasteiger partial charge in [0.05, 0.1) is 0 Å². The first-order valence-electron chi connectivity index (χ1n) is 2.26. The molecule has 0 aliphatic heterocycles. The van der Waals surface area contributed by atoms with Gasteiger partial charge in [0, 0.05) is 0 Å². The Morgan fingerprint density at radius 2 is 2.22 bits per heavy atom. The zero-order chi connectivity index (χ0) is 7.44. The Balaban J connectivity index is 3.86. The van der Waals surface area contributed by atoms with E-state index >= 15 is 0 Å². The highest BCUT2D eigenvalue weighted by atomic mass is 16.6. The molecule has 1 atom stereocenters. The summed E-state index contributed by atoms with van der Waals surface area (Å²) in [6, 6.07) is -0.998. The maximum absolute atomic E-state index is 9.82. The van der Waals surface area contributed by atoms with Crippen molar-refractivity contribution in [1.29, 1.82) is 0 Å². The van der Waals surface area contributed by atoms with Crippen LogP contribution in [0.4, 0.5) is 4.79 Å². The van der Waals surface area contributed by atoms with Crippen molar-refractivity contribution in [3.63, 3.8) is 0 Å². The number of hydroxylamine groups is 2. The number of hydrogen-bond acceptors (Lipinski definition) is 3. The van der Waals surface area contributed by atoms with Crippen molar-refractivity contribution in [2.45, 2.75) is 13.0 Å². The van der Waals surface area contributed by atoms with Crippen molar-refractivity contribution in [1.82, 2.24) is 5.06 Å². The Morgan fingerprint density at radius 3 is 2.33 bits per heavy atom. The van der Waals surface area contributed by atoms with Crippen LogP contribution in [0.2, 0.25) is 0 Å². The van der Waals surface area contributed by atoms with E-state index in [-0.39, 0.29) is 5.06 Å². The molecule has 0 aliphatic carbocycles. The van der Waals surface area contributed by atoms with Gasteiger partial charge < -0.3 is 9.90 Å². The van der Waals surface area contributed by atoms with Crippen LogP contribution in [0.5, 0.6) is 0 Å². The number of carbonyl (C=O) groups is 2. The van der Waals surface area contributed by atoms with Gasteiger partial charge >= 0.3 is 6.09 Å². The smallest absolute Gasteiger partial charge is 0.431 e. The number of nitrogens with zero attached hydrogens (tertiary/aromatic N) is 1. The Labute approximate surface area is 51.5 Å². The predicted octanol–water partition coefficient (Wildman–Crippen LogP) is -0.0570. The van der Waals surface area contributed by atoms with Gasteiger partial charge in [0.25, 0.3) is 0 Å². The summed E-state index contributed by atoms with van der Waals surface area (Å²) < 4.78 is 0. The molecule has 0 radical (unpaired) electrons. The lowest BCUT2D eigenvalue weighted by atomic mass is 10.4. The summed E-state index contributed by atoms with van der Waals surface area (Å²) in [5, 5.41) is 16.3. The highest BCUT2D eigenvalue weighted by Gasteiger charge is 2.14. The fraction of sp³-hybridized carbons (Fsp3) is 0.500. The van der Waals surface area contributed by atoms with Gasteiger partial charge in [0.15, 0.2) is 0 Å². The quantitative estimate of drug-likeness (QED) is 0.314. The second-order valence-electron chi connectivity index (χ2n) is 1.50. The molecule has 0 fully saturated rings. The number of carbonyl (C=O) groups excluding carboxylic acids is 1. The molecule has 2 N–H and O–H groups in total. The van der Waals surface area contributed by atoms with Gasteiger partial charge in [-0.3, -0.25) is 5.21 Å². The molecule has 0 aromatic rings. The van der Waals surface area contributed by atoms with Gasteiger partial charge in [-0.25, -0.2) is 4.79 Å². The van der Waals surface area contributed by atoms with Crippen LogP contribution in [-0.4, -0.2) is 33.8 Å². The van der Waals surface area contributed by atoms with Gasteiger partial charge in [-0.05, 0) is 6.92 Å². The molecule has 0 aliphatic rings. The molecule has 1 unspecified atom stereocenters. The summed E-state index contributed by atoms with van der Waals surface area (Å²) in [6.07, 6.45) is -1.21. The highest BCUT2D eigenvalue weighted by molar-refractivity contribution is 5.69. The largest absolute Gasteiger partial charge is 0.463 e. The average Bonchev–Trinajstić information content (AvgIpc) is 1.84. The van der Waals surface area contributed by atoms with Crippen LogP contribution in [0.15, 0.2) is 0 Å².